The van der Waals surface area contributed by atoms with Crippen LogP contribution in [0.3, 0.4) is 0 Å². The number of halogens is 1. The number of oxime groups is 1. The van der Waals surface area contributed by atoms with Crippen LogP contribution in [0.4, 0.5) is 5.82 Å². The summed E-state index contributed by atoms with van der Waals surface area (Å²) < 4.78 is 13.5. The SMILES string of the molecule is CCO/N=C/c1ccc(OCCCCCN2CCN(c3ccc(Cl)nn3)SO2)cc1. The molecule has 30 heavy (non-hydrogen) atoms. The zero-order chi connectivity index (χ0) is 21.0. The normalized spacial score (nSPS) is 14.9. The summed E-state index contributed by atoms with van der Waals surface area (Å²) >= 11 is 7.05. The molecular weight excluding hydrogens is 426 g/mol. The average molecular weight is 452 g/mol. The molecule has 8 nitrogen and oxygen atoms in total. The molecule has 0 atom stereocenters. The predicted molar refractivity (Wildman–Crippen MR) is 120 cm³/mol. The van der Waals surface area contributed by atoms with E-state index < -0.39 is 0 Å². The molecule has 1 aromatic heterocycles. The molecule has 2 aromatic rings. The molecule has 2 heterocycles. The van der Waals surface area contributed by atoms with E-state index in [0.29, 0.717) is 18.4 Å². The van der Waals surface area contributed by atoms with Gasteiger partial charge in [-0.05, 0) is 68.1 Å². The molecular formula is C20H26ClN5O3S. The van der Waals surface area contributed by atoms with Crippen molar-refractivity contribution in [1.82, 2.24) is 15.3 Å². The van der Waals surface area contributed by atoms with Crippen LogP contribution < -0.4 is 9.04 Å². The van der Waals surface area contributed by atoms with Gasteiger partial charge in [-0.2, -0.15) is 5.06 Å². The van der Waals surface area contributed by atoms with E-state index in [2.05, 4.69) is 15.4 Å². The Morgan fingerprint density at radius 1 is 1.13 bits per heavy atom. The number of benzene rings is 1. The molecule has 1 aliphatic heterocycles. The topological polar surface area (TPSA) is 72.3 Å². The highest BCUT2D eigenvalue weighted by atomic mass is 35.5. The molecule has 0 aliphatic carbocycles. The first-order valence-electron chi connectivity index (χ1n) is 9.99. The summed E-state index contributed by atoms with van der Waals surface area (Å²) in [5, 5.41) is 14.1. The number of hydrogen-bond donors (Lipinski definition) is 0. The van der Waals surface area contributed by atoms with Crippen LogP contribution in [0.5, 0.6) is 5.75 Å². The van der Waals surface area contributed by atoms with Crippen LogP contribution in [0.15, 0.2) is 41.6 Å². The number of anilines is 1. The van der Waals surface area contributed by atoms with Gasteiger partial charge in [-0.15, -0.1) is 10.2 Å². The second kappa shape index (κ2) is 12.6. The summed E-state index contributed by atoms with van der Waals surface area (Å²) in [5.74, 6) is 1.61. The zero-order valence-corrected chi connectivity index (χ0v) is 18.5. The van der Waals surface area contributed by atoms with Gasteiger partial charge in [0.2, 0.25) is 0 Å². The van der Waals surface area contributed by atoms with E-state index in [4.69, 9.17) is 25.5 Å². The van der Waals surface area contributed by atoms with Gasteiger partial charge < -0.3 is 9.57 Å². The highest BCUT2D eigenvalue weighted by molar-refractivity contribution is 7.96. The fraction of sp³-hybridized carbons (Fsp3) is 0.450. The van der Waals surface area contributed by atoms with Gasteiger partial charge in [0.05, 0.1) is 12.8 Å². The molecule has 0 N–H and O–H groups in total. The lowest BCUT2D eigenvalue weighted by Gasteiger charge is -2.31. The maximum Gasteiger partial charge on any atom is 0.163 e. The lowest BCUT2D eigenvalue weighted by atomic mass is 10.2. The zero-order valence-electron chi connectivity index (χ0n) is 16.9. The predicted octanol–water partition coefficient (Wildman–Crippen LogP) is 4.37. The van der Waals surface area contributed by atoms with Gasteiger partial charge in [-0.1, -0.05) is 16.8 Å². The number of aromatic nitrogens is 2. The molecule has 1 aliphatic rings. The molecule has 3 rings (SSSR count). The highest BCUT2D eigenvalue weighted by Gasteiger charge is 2.20. The number of hydroxylamine groups is 2. The van der Waals surface area contributed by atoms with Gasteiger partial charge in [-0.3, -0.25) is 4.31 Å². The molecule has 0 bridgehead atoms. The summed E-state index contributed by atoms with van der Waals surface area (Å²) in [6, 6.07) is 11.4. The molecule has 10 heteroatoms. The van der Waals surface area contributed by atoms with Gasteiger partial charge in [0.25, 0.3) is 0 Å². The highest BCUT2D eigenvalue weighted by Crippen LogP contribution is 2.25. The Kier molecular flexibility index (Phi) is 9.49. The molecule has 162 valence electrons. The fourth-order valence-corrected chi connectivity index (χ4v) is 3.44. The maximum atomic E-state index is 5.80. The smallest absolute Gasteiger partial charge is 0.163 e. The minimum Gasteiger partial charge on any atom is -0.494 e. The maximum absolute atomic E-state index is 5.80. The summed E-state index contributed by atoms with van der Waals surface area (Å²) in [6.07, 6.45) is 4.82. The van der Waals surface area contributed by atoms with Gasteiger partial charge in [0.15, 0.2) is 11.0 Å². The van der Waals surface area contributed by atoms with Crippen LogP contribution in [0, 0.1) is 0 Å². The van der Waals surface area contributed by atoms with Crippen molar-refractivity contribution in [2.45, 2.75) is 26.2 Å². The number of nitrogens with zero attached hydrogens (tertiary/aromatic N) is 5. The number of rotatable bonds is 11. The van der Waals surface area contributed by atoms with E-state index in [-0.39, 0.29) is 0 Å². The standard InChI is InChI=1S/C20H26ClN5O3S/c1-2-28-22-16-17-6-8-18(9-7-17)27-15-5-3-4-12-25-13-14-26(30-29-25)20-11-10-19(21)23-24-20/h6-11,16H,2-5,12-15H2,1H3/b22-16+. The minimum absolute atomic E-state index is 0.385. The van der Waals surface area contributed by atoms with E-state index in [1.54, 1.807) is 12.3 Å². The van der Waals surface area contributed by atoms with Crippen LogP contribution in [0.2, 0.25) is 5.15 Å². The summed E-state index contributed by atoms with van der Waals surface area (Å²) in [5.41, 5.74) is 0.983. The van der Waals surface area contributed by atoms with Crippen LogP contribution in [-0.2, 0) is 9.12 Å². The monoisotopic (exact) mass is 451 g/mol. The van der Waals surface area contributed by atoms with Crippen molar-refractivity contribution in [3.05, 3.63) is 47.1 Å². The Morgan fingerprint density at radius 2 is 2.00 bits per heavy atom. The van der Waals surface area contributed by atoms with Crippen LogP contribution in [0.1, 0.15) is 31.7 Å². The third-order valence-electron chi connectivity index (χ3n) is 4.26. The van der Waals surface area contributed by atoms with Gasteiger partial charge in [0, 0.05) is 19.6 Å². The van der Waals surface area contributed by atoms with E-state index >= 15 is 0 Å². The van der Waals surface area contributed by atoms with Gasteiger partial charge >= 0.3 is 0 Å². The van der Waals surface area contributed by atoms with Crippen molar-refractivity contribution in [3.8, 4) is 5.75 Å². The van der Waals surface area contributed by atoms with Crippen molar-refractivity contribution < 1.29 is 13.9 Å². The van der Waals surface area contributed by atoms with Crippen molar-refractivity contribution >= 4 is 35.9 Å². The molecule has 1 saturated heterocycles. The van der Waals surface area contributed by atoms with Gasteiger partial charge in [0.1, 0.15) is 24.6 Å². The Hall–Kier alpha value is -2.07. The fourth-order valence-electron chi connectivity index (χ4n) is 2.69. The Morgan fingerprint density at radius 3 is 2.70 bits per heavy atom. The van der Waals surface area contributed by atoms with Crippen LogP contribution >= 0.6 is 23.8 Å². The average Bonchev–Trinajstić information content (AvgIpc) is 2.78. The van der Waals surface area contributed by atoms with E-state index in [1.165, 1.54) is 12.2 Å². The van der Waals surface area contributed by atoms with E-state index in [1.807, 2.05) is 46.6 Å². The second-order valence-electron chi connectivity index (χ2n) is 6.52. The molecule has 0 amide bonds. The Balaban J connectivity index is 1.24. The summed E-state index contributed by atoms with van der Waals surface area (Å²) in [4.78, 5) is 4.96. The largest absolute Gasteiger partial charge is 0.494 e. The first-order chi connectivity index (χ1) is 14.7. The summed E-state index contributed by atoms with van der Waals surface area (Å²) in [7, 11) is 0. The Bertz CT molecular complexity index is 771. The minimum atomic E-state index is 0.385. The van der Waals surface area contributed by atoms with Crippen molar-refractivity contribution in [1.29, 1.82) is 0 Å². The third-order valence-corrected chi connectivity index (χ3v) is 5.29. The van der Waals surface area contributed by atoms with Crippen molar-refractivity contribution in [2.75, 3.05) is 37.2 Å². The van der Waals surface area contributed by atoms with Crippen molar-refractivity contribution in [3.63, 3.8) is 0 Å². The molecule has 0 radical (unpaired) electrons. The molecule has 1 aromatic carbocycles. The van der Waals surface area contributed by atoms with E-state index in [9.17, 15) is 0 Å². The number of ether oxygens (including phenoxy) is 1. The third kappa shape index (κ3) is 7.64. The molecule has 1 fully saturated rings. The molecule has 0 unspecified atom stereocenters. The van der Waals surface area contributed by atoms with Gasteiger partial charge in [-0.25, -0.2) is 4.28 Å². The van der Waals surface area contributed by atoms with Crippen LogP contribution in [-0.4, -0.2) is 54.3 Å². The first-order valence-corrected chi connectivity index (χ1v) is 11.1. The molecule has 0 saturated carbocycles. The Labute approximate surface area is 186 Å². The quantitative estimate of drug-likeness (QED) is 0.164. The summed E-state index contributed by atoms with van der Waals surface area (Å²) in [6.45, 7) is 5.68. The lowest BCUT2D eigenvalue weighted by molar-refractivity contribution is -0.0430. The number of hydrogen-bond acceptors (Lipinski definition) is 9. The van der Waals surface area contributed by atoms with E-state index in [0.717, 1.165) is 56.0 Å². The second-order valence-corrected chi connectivity index (χ2v) is 7.65. The first kappa shape index (κ1) is 22.6. The number of unbranched alkanes of at least 4 members (excludes halogenated alkanes) is 2. The van der Waals surface area contributed by atoms with Crippen LogP contribution in [0.25, 0.3) is 0 Å². The molecule has 0 spiro atoms. The van der Waals surface area contributed by atoms with Crippen molar-refractivity contribution in [2.24, 2.45) is 5.16 Å². The lowest BCUT2D eigenvalue weighted by Crippen LogP contribution is -2.38.